The van der Waals surface area contributed by atoms with E-state index in [4.69, 9.17) is 28.4 Å². The summed E-state index contributed by atoms with van der Waals surface area (Å²) in [6.45, 7) is 20.5. The molecule has 0 aromatic heterocycles. The average molecular weight is 889 g/mol. The van der Waals surface area contributed by atoms with Crippen LogP contribution in [-0.4, -0.2) is 42.7 Å². The van der Waals surface area contributed by atoms with Gasteiger partial charge in [0.1, 0.15) is 34.5 Å². The lowest BCUT2D eigenvalue weighted by atomic mass is 9.81. The van der Waals surface area contributed by atoms with Crippen LogP contribution in [0.1, 0.15) is 146 Å². The van der Waals surface area contributed by atoms with Crippen molar-refractivity contribution >= 4 is 0 Å². The zero-order valence-electron chi connectivity index (χ0n) is 42.4. The van der Waals surface area contributed by atoms with Gasteiger partial charge in [-0.05, 0) is 99.7 Å². The molecule has 0 spiro atoms. The van der Waals surface area contributed by atoms with Crippen molar-refractivity contribution in [3.05, 3.63) is 174 Å². The second-order valence-electron chi connectivity index (χ2n) is 21.1. The van der Waals surface area contributed by atoms with Crippen molar-refractivity contribution in [3.63, 3.8) is 0 Å². The normalized spacial score (nSPS) is 13.3. The second kappa shape index (κ2) is 19.1. The number of fused-ring (bicyclic) bond motifs is 12. The zero-order chi connectivity index (χ0) is 47.7. The molecule has 1 aliphatic rings. The van der Waals surface area contributed by atoms with Gasteiger partial charge in [0.25, 0.3) is 0 Å². The molecule has 348 valence electrons. The molecule has 0 N–H and O–H groups in total. The van der Waals surface area contributed by atoms with Gasteiger partial charge in [0.2, 0.25) is 0 Å². The van der Waals surface area contributed by atoms with Crippen molar-refractivity contribution in [3.8, 4) is 34.5 Å². The summed E-state index contributed by atoms with van der Waals surface area (Å²) in [6.07, 6.45) is 3.76. The van der Waals surface area contributed by atoms with Crippen LogP contribution in [0, 0.1) is 0 Å². The predicted octanol–water partition coefficient (Wildman–Crippen LogP) is 13.5. The maximum absolute atomic E-state index is 6.42. The first-order valence-corrected chi connectivity index (χ1v) is 23.4. The SMILES string of the molecule is COc1c2cccc1Cc1cc(C(C)(C)C)cc(c1OC)Cc1cccc(c1OC)Cc1cc(C(C)(C)C)cc(c1OC)Cc1cccc(c1OC)Cc1cc(C(C)(C)C)cc(c1OC)C2. The third-order valence-electron chi connectivity index (χ3n) is 13.4. The van der Waals surface area contributed by atoms with E-state index >= 15 is 0 Å². The molecule has 6 heteroatoms. The summed E-state index contributed by atoms with van der Waals surface area (Å²) in [5, 5.41) is 0. The van der Waals surface area contributed by atoms with Crippen LogP contribution in [0.5, 0.6) is 34.5 Å². The van der Waals surface area contributed by atoms with E-state index in [-0.39, 0.29) is 16.2 Å². The highest BCUT2D eigenvalue weighted by molar-refractivity contribution is 5.59. The van der Waals surface area contributed by atoms with Crippen LogP contribution in [0.15, 0.2) is 91.0 Å². The van der Waals surface area contributed by atoms with Crippen LogP contribution >= 0.6 is 0 Å². The monoisotopic (exact) mass is 889 g/mol. The summed E-state index contributed by atoms with van der Waals surface area (Å²) in [4.78, 5) is 0. The van der Waals surface area contributed by atoms with Gasteiger partial charge in [0, 0.05) is 38.5 Å². The van der Waals surface area contributed by atoms with Crippen molar-refractivity contribution < 1.29 is 28.4 Å². The average Bonchev–Trinajstić information content (AvgIpc) is 3.25. The smallest absolute Gasteiger partial charge is 0.125 e. The molecule has 0 amide bonds. The van der Waals surface area contributed by atoms with Gasteiger partial charge in [0.15, 0.2) is 0 Å². The lowest BCUT2D eigenvalue weighted by molar-refractivity contribution is 0.395. The minimum Gasteiger partial charge on any atom is -0.496 e. The van der Waals surface area contributed by atoms with E-state index in [0.717, 1.165) is 101 Å². The molecule has 1 aliphatic carbocycles. The summed E-state index contributed by atoms with van der Waals surface area (Å²) in [7, 11) is 10.7. The third kappa shape index (κ3) is 9.94. The molecule has 0 unspecified atom stereocenters. The molecule has 0 heterocycles. The molecule has 66 heavy (non-hydrogen) atoms. The van der Waals surface area contributed by atoms with Gasteiger partial charge >= 0.3 is 0 Å². The molecule has 0 saturated heterocycles. The minimum absolute atomic E-state index is 0.112. The standard InChI is InChI=1S/C60H72O6/c1-58(2,3)49-31-43-25-37-19-16-21-39(52(37)61-10)27-45-33-50(59(4,5)6)35-47(56(45)65-14)29-41-23-18-24-42(54(41)63-12)30-48-36-51(60(7,8)9)34-46(57(48)66-15)28-40-22-17-20-38(53(40)62-11)26-44(32-49)55(43)64-13/h16-24,31-36H,25-30H2,1-15H3. The zero-order valence-corrected chi connectivity index (χ0v) is 42.4. The minimum atomic E-state index is -0.112. The Morgan fingerprint density at radius 1 is 0.258 bits per heavy atom. The summed E-state index contributed by atoms with van der Waals surface area (Å²) in [6, 6.07) is 33.5. The summed E-state index contributed by atoms with van der Waals surface area (Å²) in [5.41, 5.74) is 16.6. The quantitative estimate of drug-likeness (QED) is 0.166. The van der Waals surface area contributed by atoms with Crippen LogP contribution < -0.4 is 28.4 Å². The number of para-hydroxylation sites is 3. The van der Waals surface area contributed by atoms with Crippen LogP contribution in [-0.2, 0) is 54.8 Å². The fraction of sp³-hybridized carbons (Fsp3) is 0.400. The van der Waals surface area contributed by atoms with Gasteiger partial charge in [-0.15, -0.1) is 0 Å². The van der Waals surface area contributed by atoms with E-state index < -0.39 is 0 Å². The number of ether oxygens (including phenoxy) is 6. The van der Waals surface area contributed by atoms with Gasteiger partial charge in [0.05, 0.1) is 42.7 Å². The lowest BCUT2D eigenvalue weighted by Gasteiger charge is -2.26. The molecular formula is C60H72O6. The Labute approximate surface area is 395 Å². The number of hydrogen-bond acceptors (Lipinski definition) is 6. The van der Waals surface area contributed by atoms with Gasteiger partial charge in [-0.2, -0.15) is 0 Å². The Hall–Kier alpha value is -5.88. The summed E-state index contributed by atoms with van der Waals surface area (Å²) >= 11 is 0. The molecule has 0 saturated carbocycles. The van der Waals surface area contributed by atoms with E-state index in [0.29, 0.717) is 38.5 Å². The maximum Gasteiger partial charge on any atom is 0.125 e. The van der Waals surface area contributed by atoms with Gasteiger partial charge in [-0.3, -0.25) is 0 Å². The highest BCUT2D eigenvalue weighted by Gasteiger charge is 2.27. The molecule has 6 nitrogen and oxygen atoms in total. The van der Waals surface area contributed by atoms with E-state index in [2.05, 4.69) is 153 Å². The molecule has 12 bridgehead atoms. The third-order valence-corrected chi connectivity index (χ3v) is 13.4. The number of methoxy groups -OCH3 is 6. The molecule has 0 aliphatic heterocycles. The molecule has 0 radical (unpaired) electrons. The van der Waals surface area contributed by atoms with Crippen molar-refractivity contribution in [1.82, 2.24) is 0 Å². The summed E-state index contributed by atoms with van der Waals surface area (Å²) in [5.74, 6) is 5.26. The van der Waals surface area contributed by atoms with Gasteiger partial charge in [-0.1, -0.05) is 153 Å². The fourth-order valence-corrected chi connectivity index (χ4v) is 9.90. The number of rotatable bonds is 6. The highest BCUT2D eigenvalue weighted by Crippen LogP contribution is 2.43. The Morgan fingerprint density at radius 2 is 0.409 bits per heavy atom. The fourth-order valence-electron chi connectivity index (χ4n) is 9.90. The van der Waals surface area contributed by atoms with Crippen molar-refractivity contribution in [2.24, 2.45) is 0 Å². The predicted molar refractivity (Wildman–Crippen MR) is 271 cm³/mol. The van der Waals surface area contributed by atoms with Gasteiger partial charge in [-0.25, -0.2) is 0 Å². The first-order chi connectivity index (χ1) is 31.3. The number of hydrogen-bond donors (Lipinski definition) is 0. The largest absolute Gasteiger partial charge is 0.496 e. The lowest BCUT2D eigenvalue weighted by Crippen LogP contribution is -2.14. The van der Waals surface area contributed by atoms with E-state index in [1.165, 1.54) is 16.7 Å². The Morgan fingerprint density at radius 3 is 0.545 bits per heavy atom. The number of benzene rings is 6. The molecule has 6 aromatic rings. The van der Waals surface area contributed by atoms with Crippen molar-refractivity contribution in [2.45, 2.75) is 117 Å². The van der Waals surface area contributed by atoms with Crippen LogP contribution in [0.4, 0.5) is 0 Å². The molecule has 6 aromatic carbocycles. The first kappa shape index (κ1) is 48.1. The van der Waals surface area contributed by atoms with Crippen molar-refractivity contribution in [2.75, 3.05) is 42.7 Å². The topological polar surface area (TPSA) is 55.4 Å². The summed E-state index contributed by atoms with van der Waals surface area (Å²) < 4.78 is 38.4. The van der Waals surface area contributed by atoms with E-state index in [1.54, 1.807) is 42.7 Å². The molecule has 0 fully saturated rings. The Balaban J connectivity index is 1.53. The van der Waals surface area contributed by atoms with Crippen LogP contribution in [0.25, 0.3) is 0 Å². The Bertz CT molecular complexity index is 2290. The molecule has 0 atom stereocenters. The van der Waals surface area contributed by atoms with E-state index in [9.17, 15) is 0 Å². The van der Waals surface area contributed by atoms with Crippen molar-refractivity contribution in [1.29, 1.82) is 0 Å². The van der Waals surface area contributed by atoms with Crippen LogP contribution in [0.3, 0.4) is 0 Å². The molecular weight excluding hydrogens is 817 g/mol. The second-order valence-corrected chi connectivity index (χ2v) is 21.1. The Kier molecular flexibility index (Phi) is 13.9. The molecule has 7 rings (SSSR count). The first-order valence-electron chi connectivity index (χ1n) is 23.4. The van der Waals surface area contributed by atoms with Crippen LogP contribution in [0.2, 0.25) is 0 Å². The maximum atomic E-state index is 6.42. The highest BCUT2D eigenvalue weighted by atomic mass is 16.5. The van der Waals surface area contributed by atoms with E-state index in [1.807, 2.05) is 0 Å². The van der Waals surface area contributed by atoms with Gasteiger partial charge < -0.3 is 28.4 Å².